The number of rotatable bonds is 25. The van der Waals surface area contributed by atoms with E-state index in [1.165, 1.54) is 64.2 Å². The fourth-order valence-corrected chi connectivity index (χ4v) is 4.96. The van der Waals surface area contributed by atoms with E-state index >= 15 is 0 Å². The number of carbonyl (C=O) groups excluding carboxylic acids is 1. The maximum absolute atomic E-state index is 12.6. The van der Waals surface area contributed by atoms with Crippen molar-refractivity contribution < 1.29 is 77.0 Å². The zero-order chi connectivity index (χ0) is 29.0. The molecule has 0 aliphatic carbocycles. The molecule has 11 nitrogen and oxygen atoms in total. The van der Waals surface area contributed by atoms with Gasteiger partial charge in [0.2, 0.25) is 5.91 Å². The van der Waals surface area contributed by atoms with Crippen molar-refractivity contribution in [3.05, 3.63) is 0 Å². The number of hydrogen-bond acceptors (Lipinski definition) is 7. The minimum Gasteiger partial charge on any atom is -0.747 e. The van der Waals surface area contributed by atoms with Gasteiger partial charge >= 0.3 is 47.5 Å². The molecule has 0 heterocycles. The Kier molecular flexibility index (Phi) is 24.1. The molecule has 0 aliphatic rings. The fraction of sp³-hybridized carbons (Fsp3) is 0.846. The predicted octanol–water partition coefficient (Wildman–Crippen LogP) is 1.40. The molecule has 0 aromatic carbocycles. The van der Waals surface area contributed by atoms with Crippen molar-refractivity contribution >= 4 is 33.9 Å². The Hall–Kier alpha value is -1.21. The number of unbranched alkanes of at least 4 members (excludes halogenated alkanes) is 15. The summed E-state index contributed by atoms with van der Waals surface area (Å²) in [5, 5.41) is 24.9. The molecule has 0 spiro atoms. The van der Waals surface area contributed by atoms with Crippen LogP contribution in [0.25, 0.3) is 0 Å². The zero-order valence-electron chi connectivity index (χ0n) is 23.6. The third kappa shape index (κ3) is 20.3. The van der Waals surface area contributed by atoms with Gasteiger partial charge < -0.3 is 24.8 Å². The largest absolute Gasteiger partial charge is 1.00 e. The summed E-state index contributed by atoms with van der Waals surface area (Å²) in [6.07, 6.45) is 15.6. The number of aliphatic carboxylic acids is 3. The first-order chi connectivity index (χ1) is 17.9. The van der Waals surface area contributed by atoms with Gasteiger partial charge in [-0.2, -0.15) is 0 Å². The first-order valence-corrected chi connectivity index (χ1v) is 15.3. The molecule has 0 aromatic heterocycles. The number of carboxylic acids is 3. The molecular weight excluding hydrogens is 541 g/mol. The summed E-state index contributed by atoms with van der Waals surface area (Å²) < 4.78 is 33.6. The van der Waals surface area contributed by atoms with Crippen LogP contribution < -0.4 is 29.6 Å². The quantitative estimate of drug-likeness (QED) is 0.0799. The van der Waals surface area contributed by atoms with Crippen LogP contribution in [-0.4, -0.2) is 74.8 Å². The van der Waals surface area contributed by atoms with Gasteiger partial charge in [0.05, 0.1) is 12.8 Å². The minimum atomic E-state index is -5.37. The molecule has 3 N–H and O–H groups in total. The van der Waals surface area contributed by atoms with Crippen LogP contribution in [0.4, 0.5) is 0 Å². The van der Waals surface area contributed by atoms with Crippen LogP contribution in [0, 0.1) is 0 Å². The Bertz CT molecular complexity index is 822. The molecule has 0 radical (unpaired) electrons. The van der Waals surface area contributed by atoms with E-state index in [-0.39, 0.29) is 36.1 Å². The summed E-state index contributed by atoms with van der Waals surface area (Å²) >= 11 is 0. The second kappa shape index (κ2) is 23.5. The molecule has 222 valence electrons. The Morgan fingerprint density at radius 2 is 1.05 bits per heavy atom. The number of carboxylic acid groups (broad SMARTS) is 3. The van der Waals surface area contributed by atoms with E-state index in [0.717, 1.165) is 25.7 Å². The Morgan fingerprint density at radius 3 is 1.36 bits per heavy atom. The van der Waals surface area contributed by atoms with E-state index in [9.17, 15) is 37.3 Å². The molecule has 2 unspecified atom stereocenters. The first-order valence-electron chi connectivity index (χ1n) is 13.8. The van der Waals surface area contributed by atoms with Crippen molar-refractivity contribution in [3.8, 4) is 0 Å². The van der Waals surface area contributed by atoms with E-state index in [2.05, 4.69) is 6.92 Å². The van der Waals surface area contributed by atoms with Gasteiger partial charge in [-0.25, -0.2) is 13.2 Å². The molecule has 1 amide bonds. The number of hydrogen-bond donors (Lipinski definition) is 3. The molecule has 0 rings (SSSR count). The Morgan fingerprint density at radius 1 is 0.667 bits per heavy atom. The molecule has 0 fully saturated rings. The summed E-state index contributed by atoms with van der Waals surface area (Å²) in [5.41, 5.74) is 0. The van der Waals surface area contributed by atoms with Crippen LogP contribution in [0.3, 0.4) is 0 Å². The minimum absolute atomic E-state index is 0. The fourth-order valence-electron chi connectivity index (χ4n) is 4.37. The van der Waals surface area contributed by atoms with Crippen LogP contribution in [0.15, 0.2) is 0 Å². The van der Waals surface area contributed by atoms with Gasteiger partial charge in [0.25, 0.3) is 0 Å². The standard InChI is InChI=1S/C26H47NO10S.Na/c1-2-3-4-5-6-7-8-9-10-11-12-13-14-15-16-17-18-27(21(25(31)32)19-24(29)30)23(28)20-22(26(33)34)38(35,36)37;/h21-22H,2-20H2,1H3,(H,29,30)(H,31,32)(H,33,34)(H,35,36,37);/q;+1/p-1. The van der Waals surface area contributed by atoms with Gasteiger partial charge in [-0.15, -0.1) is 0 Å². The average molecular weight is 588 g/mol. The summed E-state index contributed by atoms with van der Waals surface area (Å²) in [7, 11) is -5.37. The van der Waals surface area contributed by atoms with Crippen molar-refractivity contribution in [3.63, 3.8) is 0 Å². The van der Waals surface area contributed by atoms with Crippen molar-refractivity contribution in [2.24, 2.45) is 0 Å². The molecular formula is C26H46NNaO10S. The second-order valence-corrected chi connectivity index (χ2v) is 11.4. The smallest absolute Gasteiger partial charge is 0.747 e. The summed E-state index contributed by atoms with van der Waals surface area (Å²) in [6, 6.07) is -1.81. The van der Waals surface area contributed by atoms with Crippen molar-refractivity contribution in [1.82, 2.24) is 4.90 Å². The summed E-state index contributed by atoms with van der Waals surface area (Å²) in [4.78, 5) is 47.2. The third-order valence-corrected chi connectivity index (χ3v) is 7.65. The molecule has 13 heteroatoms. The SMILES string of the molecule is CCCCCCCCCCCCCCCCCCN(C(=O)CC(C(=O)O)S(=O)(=O)[O-])C(CC(=O)O)C(=O)O.[Na+]. The number of carbonyl (C=O) groups is 4. The van der Waals surface area contributed by atoms with E-state index in [4.69, 9.17) is 10.2 Å². The summed E-state index contributed by atoms with van der Waals surface area (Å²) in [5.74, 6) is -6.34. The van der Waals surface area contributed by atoms with Crippen LogP contribution in [0.5, 0.6) is 0 Å². The van der Waals surface area contributed by atoms with Crippen LogP contribution >= 0.6 is 0 Å². The Balaban J connectivity index is 0. The number of nitrogens with zero attached hydrogens (tertiary/aromatic N) is 1. The molecule has 0 saturated heterocycles. The topological polar surface area (TPSA) is 189 Å². The van der Waals surface area contributed by atoms with Gasteiger partial charge in [0, 0.05) is 6.54 Å². The Labute approximate surface area is 255 Å². The monoisotopic (exact) mass is 587 g/mol. The maximum atomic E-state index is 12.6. The van der Waals surface area contributed by atoms with Gasteiger partial charge in [0.15, 0.2) is 5.25 Å². The van der Waals surface area contributed by atoms with Gasteiger partial charge in [-0.3, -0.25) is 14.4 Å². The number of amides is 1. The van der Waals surface area contributed by atoms with Gasteiger partial charge in [-0.1, -0.05) is 103 Å². The van der Waals surface area contributed by atoms with E-state index < -0.39 is 58.1 Å². The molecule has 0 aromatic rings. The molecule has 0 saturated carbocycles. The molecule has 2 atom stereocenters. The molecule has 0 aliphatic heterocycles. The average Bonchev–Trinajstić information content (AvgIpc) is 2.82. The van der Waals surface area contributed by atoms with Crippen molar-refractivity contribution in [2.45, 2.75) is 134 Å². The summed E-state index contributed by atoms with van der Waals surface area (Å²) in [6.45, 7) is 2.03. The second-order valence-electron chi connectivity index (χ2n) is 9.87. The van der Waals surface area contributed by atoms with Crippen molar-refractivity contribution in [1.29, 1.82) is 0 Å². The van der Waals surface area contributed by atoms with Gasteiger partial charge in [0.1, 0.15) is 16.2 Å². The van der Waals surface area contributed by atoms with Crippen LogP contribution in [-0.2, 0) is 29.3 Å². The zero-order valence-corrected chi connectivity index (χ0v) is 26.5. The maximum Gasteiger partial charge on any atom is 1.00 e. The predicted molar refractivity (Wildman–Crippen MR) is 141 cm³/mol. The normalized spacial score (nSPS) is 12.8. The van der Waals surface area contributed by atoms with E-state index in [0.29, 0.717) is 17.7 Å². The van der Waals surface area contributed by atoms with Crippen LogP contribution in [0.2, 0.25) is 0 Å². The molecule has 39 heavy (non-hydrogen) atoms. The first kappa shape index (κ1) is 39.9. The van der Waals surface area contributed by atoms with Gasteiger partial charge in [-0.05, 0) is 6.42 Å². The van der Waals surface area contributed by atoms with E-state index in [1.807, 2.05) is 0 Å². The molecule has 0 bridgehead atoms. The van der Waals surface area contributed by atoms with E-state index in [1.54, 1.807) is 0 Å². The van der Waals surface area contributed by atoms with Crippen LogP contribution in [0.1, 0.15) is 122 Å². The van der Waals surface area contributed by atoms with Crippen molar-refractivity contribution in [2.75, 3.05) is 6.54 Å². The third-order valence-electron chi connectivity index (χ3n) is 6.59.